The summed E-state index contributed by atoms with van der Waals surface area (Å²) in [4.78, 5) is 4.53. The lowest BCUT2D eigenvalue weighted by Gasteiger charge is -2.24. The summed E-state index contributed by atoms with van der Waals surface area (Å²) in [6.45, 7) is 3.97. The molecule has 3 heterocycles. The number of allylic oxidation sites excluding steroid dienone is 1. The molecule has 0 fully saturated rings. The molecule has 130 valence electrons. The summed E-state index contributed by atoms with van der Waals surface area (Å²) in [7, 11) is 0. The van der Waals surface area contributed by atoms with Crippen LogP contribution in [0, 0.1) is 18.3 Å². The van der Waals surface area contributed by atoms with Crippen molar-refractivity contribution in [1.29, 1.82) is 5.26 Å². The third kappa shape index (κ3) is 2.40. The third-order valence-electron chi connectivity index (χ3n) is 4.71. The van der Waals surface area contributed by atoms with Crippen LogP contribution in [0.4, 0.5) is 0 Å². The zero-order chi connectivity index (χ0) is 18.4. The van der Waals surface area contributed by atoms with Crippen LogP contribution in [0.1, 0.15) is 35.2 Å². The quantitative estimate of drug-likeness (QED) is 0.674. The van der Waals surface area contributed by atoms with Gasteiger partial charge in [0.2, 0.25) is 11.8 Å². The highest BCUT2D eigenvalue weighted by Gasteiger charge is 2.35. The summed E-state index contributed by atoms with van der Waals surface area (Å²) in [5, 5.41) is 18.0. The van der Waals surface area contributed by atoms with Gasteiger partial charge in [-0.2, -0.15) is 5.26 Å². The normalized spacial score (nSPS) is 16.3. The van der Waals surface area contributed by atoms with Gasteiger partial charge in [0.05, 0.1) is 11.4 Å². The number of aromatic amines is 1. The third-order valence-corrected chi connectivity index (χ3v) is 5.01. The number of nitrogens with zero attached hydrogens (tertiary/aromatic N) is 3. The highest BCUT2D eigenvalue weighted by atomic mass is 35.5. The Hall–Kier alpha value is -3.04. The zero-order valence-corrected chi connectivity index (χ0v) is 15.1. The van der Waals surface area contributed by atoms with Crippen molar-refractivity contribution in [3.8, 4) is 11.9 Å². The lowest BCUT2D eigenvalue weighted by atomic mass is 9.84. The average molecular weight is 366 g/mol. The number of rotatable bonds is 2. The van der Waals surface area contributed by atoms with Gasteiger partial charge in [-0.05, 0) is 37.1 Å². The van der Waals surface area contributed by atoms with E-state index in [0.717, 1.165) is 28.6 Å². The number of H-pyrrole nitrogens is 1. The van der Waals surface area contributed by atoms with Crippen LogP contribution < -0.4 is 10.5 Å². The molecular formula is C19H16ClN5O. The molecule has 1 aliphatic heterocycles. The molecule has 1 atom stereocenters. The summed E-state index contributed by atoms with van der Waals surface area (Å²) in [5.41, 5.74) is 10.5. The molecule has 3 aromatic rings. The molecule has 0 unspecified atom stereocenters. The Morgan fingerprint density at radius 1 is 1.38 bits per heavy atom. The summed E-state index contributed by atoms with van der Waals surface area (Å²) in [5.74, 6) is -0.0744. The van der Waals surface area contributed by atoms with Crippen molar-refractivity contribution >= 4 is 22.5 Å². The summed E-state index contributed by atoms with van der Waals surface area (Å²) in [6.07, 6.45) is 0.923. The van der Waals surface area contributed by atoms with Gasteiger partial charge in [-0.1, -0.05) is 24.6 Å². The van der Waals surface area contributed by atoms with Gasteiger partial charge in [0.1, 0.15) is 16.8 Å². The molecule has 7 heteroatoms. The van der Waals surface area contributed by atoms with Gasteiger partial charge >= 0.3 is 0 Å². The highest BCUT2D eigenvalue weighted by Crippen LogP contribution is 2.44. The Morgan fingerprint density at radius 3 is 2.92 bits per heavy atom. The van der Waals surface area contributed by atoms with Gasteiger partial charge in [-0.25, -0.2) is 4.98 Å². The minimum absolute atomic E-state index is 0.0370. The fraction of sp³-hybridized carbons (Fsp3) is 0.211. The predicted molar refractivity (Wildman–Crippen MR) is 98.8 cm³/mol. The van der Waals surface area contributed by atoms with E-state index in [1.807, 2.05) is 25.1 Å². The van der Waals surface area contributed by atoms with Crippen LogP contribution in [0.3, 0.4) is 0 Å². The zero-order valence-electron chi connectivity index (χ0n) is 14.3. The van der Waals surface area contributed by atoms with Crippen LogP contribution >= 0.6 is 11.6 Å². The smallest absolute Gasteiger partial charge is 0.244 e. The monoisotopic (exact) mass is 365 g/mol. The molecule has 2 aromatic heterocycles. The lowest BCUT2D eigenvalue weighted by molar-refractivity contribution is 0.379. The van der Waals surface area contributed by atoms with E-state index in [-0.39, 0.29) is 5.88 Å². The molecule has 0 bridgehead atoms. The number of aryl methyl sites for hydroxylation is 2. The number of hydrogen-bond donors (Lipinski definition) is 2. The number of benzene rings is 1. The second-order valence-electron chi connectivity index (χ2n) is 6.24. The van der Waals surface area contributed by atoms with Gasteiger partial charge in [-0.15, -0.1) is 5.10 Å². The molecule has 0 saturated carbocycles. The summed E-state index contributed by atoms with van der Waals surface area (Å²) >= 11 is 6.51. The molecular weight excluding hydrogens is 350 g/mol. The second kappa shape index (κ2) is 6.04. The maximum absolute atomic E-state index is 9.67. The molecule has 0 aliphatic carbocycles. The standard InChI is InChI=1S/C19H16ClN5O/c1-3-10-4-5-14-11(6-10)7-12(17(20)23-14)16-13(8-21)18(22)26-19-15(16)9(2)24-25-19/h4-7,16H,3,22H2,1-2H3,(H,24,25)/t16-/m1/s1. The van der Waals surface area contributed by atoms with E-state index in [1.54, 1.807) is 0 Å². The largest absolute Gasteiger partial charge is 0.420 e. The first-order valence-corrected chi connectivity index (χ1v) is 8.62. The molecule has 1 aliphatic rings. The molecule has 6 nitrogen and oxygen atoms in total. The van der Waals surface area contributed by atoms with Gasteiger partial charge in [-0.3, -0.25) is 5.10 Å². The van der Waals surface area contributed by atoms with Gasteiger partial charge in [0.15, 0.2) is 0 Å². The van der Waals surface area contributed by atoms with E-state index in [9.17, 15) is 5.26 Å². The van der Waals surface area contributed by atoms with Crippen LogP contribution in [0.15, 0.2) is 35.7 Å². The maximum atomic E-state index is 9.67. The molecule has 1 aromatic carbocycles. The minimum atomic E-state index is -0.475. The number of hydrogen-bond acceptors (Lipinski definition) is 5. The SMILES string of the molecule is CCc1ccc2nc(Cl)c([C@@H]3C(C#N)=C(N)Oc4n[nH]c(C)c43)cc2c1. The van der Waals surface area contributed by atoms with Crippen molar-refractivity contribution in [2.75, 3.05) is 0 Å². The fourth-order valence-electron chi connectivity index (χ4n) is 3.35. The van der Waals surface area contributed by atoms with Crippen molar-refractivity contribution in [2.24, 2.45) is 5.73 Å². The predicted octanol–water partition coefficient (Wildman–Crippen LogP) is 3.70. The fourth-order valence-corrected chi connectivity index (χ4v) is 3.61. The Balaban J connectivity index is 2.00. The highest BCUT2D eigenvalue weighted by molar-refractivity contribution is 6.30. The number of nitriles is 1. The molecule has 4 rings (SSSR count). The van der Waals surface area contributed by atoms with E-state index in [1.165, 1.54) is 5.56 Å². The Kier molecular flexibility index (Phi) is 3.82. The number of nitrogens with two attached hydrogens (primary N) is 1. The minimum Gasteiger partial charge on any atom is -0.420 e. The molecule has 3 N–H and O–H groups in total. The number of fused-ring (bicyclic) bond motifs is 2. The second-order valence-corrected chi connectivity index (χ2v) is 6.60. The van der Waals surface area contributed by atoms with Crippen LogP contribution in [0.25, 0.3) is 10.9 Å². The number of ether oxygens (including phenoxy) is 1. The van der Waals surface area contributed by atoms with E-state index in [2.05, 4.69) is 34.2 Å². The van der Waals surface area contributed by atoms with Crippen LogP contribution in [0.2, 0.25) is 5.15 Å². The molecule has 0 radical (unpaired) electrons. The van der Waals surface area contributed by atoms with Crippen molar-refractivity contribution in [1.82, 2.24) is 15.2 Å². The topological polar surface area (TPSA) is 101 Å². The Bertz CT molecular complexity index is 1110. The first-order chi connectivity index (χ1) is 12.5. The number of halogens is 1. The van der Waals surface area contributed by atoms with E-state index in [0.29, 0.717) is 22.2 Å². The Morgan fingerprint density at radius 2 is 2.19 bits per heavy atom. The van der Waals surface area contributed by atoms with Crippen LogP contribution in [0.5, 0.6) is 5.88 Å². The van der Waals surface area contributed by atoms with Crippen LogP contribution in [-0.2, 0) is 6.42 Å². The first-order valence-electron chi connectivity index (χ1n) is 8.25. The molecule has 0 spiro atoms. The summed E-state index contributed by atoms with van der Waals surface area (Å²) < 4.78 is 5.50. The molecule has 26 heavy (non-hydrogen) atoms. The molecule has 0 amide bonds. The van der Waals surface area contributed by atoms with Gasteiger partial charge in [0, 0.05) is 22.2 Å². The van der Waals surface area contributed by atoms with Crippen molar-refractivity contribution in [2.45, 2.75) is 26.2 Å². The van der Waals surface area contributed by atoms with Crippen molar-refractivity contribution in [3.05, 3.63) is 63.3 Å². The van der Waals surface area contributed by atoms with Crippen LogP contribution in [-0.4, -0.2) is 15.2 Å². The van der Waals surface area contributed by atoms with Crippen molar-refractivity contribution in [3.63, 3.8) is 0 Å². The van der Waals surface area contributed by atoms with E-state index in [4.69, 9.17) is 22.1 Å². The van der Waals surface area contributed by atoms with Gasteiger partial charge in [0.25, 0.3) is 0 Å². The van der Waals surface area contributed by atoms with Crippen molar-refractivity contribution < 1.29 is 4.74 Å². The average Bonchev–Trinajstić information content (AvgIpc) is 3.00. The van der Waals surface area contributed by atoms with E-state index < -0.39 is 5.92 Å². The van der Waals surface area contributed by atoms with Gasteiger partial charge < -0.3 is 10.5 Å². The van der Waals surface area contributed by atoms with E-state index >= 15 is 0 Å². The molecule has 0 saturated heterocycles. The first kappa shape index (κ1) is 16.4. The summed E-state index contributed by atoms with van der Waals surface area (Å²) in [6, 6.07) is 10.2. The number of nitrogens with one attached hydrogen (secondary N) is 1. The lowest BCUT2D eigenvalue weighted by Crippen LogP contribution is -2.21. The maximum Gasteiger partial charge on any atom is 0.244 e. The Labute approximate surface area is 155 Å². The number of pyridine rings is 1. The number of aromatic nitrogens is 3.